The first-order valence-electron chi connectivity index (χ1n) is 3.90. The lowest BCUT2D eigenvalue weighted by molar-refractivity contribution is 0.0602. The number of rotatable bonds is 1. The van der Waals surface area contributed by atoms with E-state index in [1.807, 2.05) is 0 Å². The van der Waals surface area contributed by atoms with Gasteiger partial charge in [0, 0.05) is 6.20 Å². The van der Waals surface area contributed by atoms with E-state index in [1.54, 1.807) is 6.07 Å². The molecular formula is C8H8N4O2. The Kier molecular flexibility index (Phi) is 1.81. The van der Waals surface area contributed by atoms with Crippen molar-refractivity contribution >= 4 is 17.4 Å². The normalized spacial score (nSPS) is 10.4. The molecule has 0 spiro atoms. The number of ether oxygens (including phenoxy) is 1. The molecule has 2 heterocycles. The second-order valence-corrected chi connectivity index (χ2v) is 2.65. The smallest absolute Gasteiger partial charge is 0.343 e. The third-order valence-electron chi connectivity index (χ3n) is 1.84. The molecule has 0 aliphatic heterocycles. The molecule has 0 fully saturated rings. The van der Waals surface area contributed by atoms with Crippen LogP contribution in [0.5, 0.6) is 0 Å². The minimum Gasteiger partial charge on any atom is -0.465 e. The minimum atomic E-state index is -0.474. The number of aromatic nitrogens is 3. The molecule has 0 saturated carbocycles. The minimum absolute atomic E-state index is 0.305. The molecule has 0 aliphatic rings. The second kappa shape index (κ2) is 2.99. The number of carbonyl (C=O) groups excluding carboxylic acids is 1. The average Bonchev–Trinajstić information content (AvgIpc) is 2.62. The van der Waals surface area contributed by atoms with Gasteiger partial charge in [0.1, 0.15) is 11.4 Å². The first kappa shape index (κ1) is 8.49. The summed E-state index contributed by atoms with van der Waals surface area (Å²) in [6, 6.07) is 1.60. The van der Waals surface area contributed by atoms with Crippen molar-refractivity contribution < 1.29 is 9.53 Å². The quantitative estimate of drug-likeness (QED) is 0.648. The highest BCUT2D eigenvalue weighted by atomic mass is 16.5. The van der Waals surface area contributed by atoms with Crippen LogP contribution in [0.4, 0.5) is 5.82 Å². The molecule has 6 heteroatoms. The molecule has 0 amide bonds. The summed E-state index contributed by atoms with van der Waals surface area (Å²) in [5, 5.41) is 3.92. The van der Waals surface area contributed by atoms with E-state index in [4.69, 9.17) is 5.73 Å². The molecule has 0 radical (unpaired) electrons. The van der Waals surface area contributed by atoms with Gasteiger partial charge in [0.25, 0.3) is 0 Å². The van der Waals surface area contributed by atoms with Crippen molar-refractivity contribution in [2.24, 2.45) is 0 Å². The number of hydrogen-bond donors (Lipinski definition) is 1. The fourth-order valence-corrected chi connectivity index (χ4v) is 1.16. The monoisotopic (exact) mass is 192 g/mol. The molecule has 0 bridgehead atoms. The highest BCUT2D eigenvalue weighted by Crippen LogP contribution is 2.11. The zero-order valence-electron chi connectivity index (χ0n) is 7.47. The number of nitrogens with zero attached hydrogens (tertiary/aromatic N) is 3. The summed E-state index contributed by atoms with van der Waals surface area (Å²) in [5.41, 5.74) is 6.32. The Morgan fingerprint density at radius 1 is 1.64 bits per heavy atom. The van der Waals surface area contributed by atoms with Crippen molar-refractivity contribution in [3.05, 3.63) is 24.0 Å². The Morgan fingerprint density at radius 3 is 3.14 bits per heavy atom. The van der Waals surface area contributed by atoms with E-state index in [0.29, 0.717) is 17.0 Å². The van der Waals surface area contributed by atoms with E-state index < -0.39 is 5.97 Å². The molecular weight excluding hydrogens is 184 g/mol. The van der Waals surface area contributed by atoms with E-state index in [9.17, 15) is 4.79 Å². The van der Waals surface area contributed by atoms with Gasteiger partial charge in [-0.1, -0.05) is 0 Å². The molecule has 0 saturated heterocycles. The summed E-state index contributed by atoms with van der Waals surface area (Å²) < 4.78 is 5.95. The van der Waals surface area contributed by atoms with Crippen LogP contribution in [0.25, 0.3) is 5.65 Å². The number of carbonyl (C=O) groups is 1. The van der Waals surface area contributed by atoms with Gasteiger partial charge in [0.15, 0.2) is 5.65 Å². The average molecular weight is 192 g/mol. The zero-order chi connectivity index (χ0) is 10.1. The Balaban J connectivity index is 2.70. The number of anilines is 1. The van der Waals surface area contributed by atoms with Crippen LogP contribution in [0.1, 0.15) is 10.4 Å². The number of fused-ring (bicyclic) bond motifs is 1. The maximum atomic E-state index is 11.2. The first-order valence-corrected chi connectivity index (χ1v) is 3.90. The van der Waals surface area contributed by atoms with Gasteiger partial charge in [-0.25, -0.2) is 9.78 Å². The summed E-state index contributed by atoms with van der Waals surface area (Å²) in [6.45, 7) is 0. The largest absolute Gasteiger partial charge is 0.465 e. The molecule has 72 valence electrons. The van der Waals surface area contributed by atoms with Gasteiger partial charge in [-0.2, -0.15) is 9.61 Å². The summed E-state index contributed by atoms with van der Waals surface area (Å²) in [5.74, 6) is -0.0525. The molecule has 2 aromatic rings. The van der Waals surface area contributed by atoms with E-state index in [2.05, 4.69) is 14.8 Å². The molecule has 2 aromatic heterocycles. The Morgan fingerprint density at radius 2 is 2.43 bits per heavy atom. The molecule has 0 atom stereocenters. The second-order valence-electron chi connectivity index (χ2n) is 2.65. The van der Waals surface area contributed by atoms with Crippen molar-refractivity contribution in [1.29, 1.82) is 0 Å². The number of esters is 1. The zero-order valence-corrected chi connectivity index (χ0v) is 7.47. The van der Waals surface area contributed by atoms with Crippen molar-refractivity contribution in [1.82, 2.24) is 14.6 Å². The SMILES string of the molecule is COC(=O)c1cnn2c(N)ccnc12. The molecule has 6 nitrogen and oxygen atoms in total. The van der Waals surface area contributed by atoms with Gasteiger partial charge < -0.3 is 10.5 Å². The topological polar surface area (TPSA) is 82.5 Å². The highest BCUT2D eigenvalue weighted by molar-refractivity contribution is 5.95. The van der Waals surface area contributed by atoms with E-state index in [-0.39, 0.29) is 0 Å². The predicted octanol–water partition coefficient (Wildman–Crippen LogP) is 0.0981. The maximum absolute atomic E-state index is 11.2. The first-order chi connectivity index (χ1) is 6.74. The molecule has 0 unspecified atom stereocenters. The van der Waals surface area contributed by atoms with Crippen LogP contribution in [0.3, 0.4) is 0 Å². The van der Waals surface area contributed by atoms with Crippen LogP contribution >= 0.6 is 0 Å². The Bertz CT molecular complexity index is 491. The third kappa shape index (κ3) is 1.08. The number of hydrogen-bond acceptors (Lipinski definition) is 5. The van der Waals surface area contributed by atoms with Crippen LogP contribution < -0.4 is 5.73 Å². The van der Waals surface area contributed by atoms with Gasteiger partial charge >= 0.3 is 5.97 Å². The standard InChI is InChI=1S/C8H8N4O2/c1-14-8(13)5-4-11-12-6(9)2-3-10-7(5)12/h2-4H,9H2,1H3. The highest BCUT2D eigenvalue weighted by Gasteiger charge is 2.14. The van der Waals surface area contributed by atoms with Crippen molar-refractivity contribution in [2.45, 2.75) is 0 Å². The van der Waals surface area contributed by atoms with Crippen LogP contribution in [0, 0.1) is 0 Å². The summed E-state index contributed by atoms with van der Waals surface area (Å²) >= 11 is 0. The lowest BCUT2D eigenvalue weighted by Crippen LogP contribution is -2.03. The Hall–Kier alpha value is -2.11. The number of nitrogens with two attached hydrogens (primary N) is 1. The fraction of sp³-hybridized carbons (Fsp3) is 0.125. The van der Waals surface area contributed by atoms with E-state index in [1.165, 1.54) is 24.0 Å². The van der Waals surface area contributed by atoms with Crippen LogP contribution in [-0.2, 0) is 4.74 Å². The van der Waals surface area contributed by atoms with E-state index >= 15 is 0 Å². The number of methoxy groups -OCH3 is 1. The molecule has 14 heavy (non-hydrogen) atoms. The van der Waals surface area contributed by atoms with Crippen molar-refractivity contribution in [3.63, 3.8) is 0 Å². The molecule has 0 aliphatic carbocycles. The van der Waals surface area contributed by atoms with Gasteiger partial charge in [0.2, 0.25) is 0 Å². The van der Waals surface area contributed by atoms with Gasteiger partial charge in [-0.05, 0) is 6.07 Å². The van der Waals surface area contributed by atoms with Gasteiger partial charge in [-0.3, -0.25) is 0 Å². The Labute approximate surface area is 79.3 Å². The maximum Gasteiger partial charge on any atom is 0.343 e. The van der Waals surface area contributed by atoms with Crippen LogP contribution in [0.2, 0.25) is 0 Å². The van der Waals surface area contributed by atoms with E-state index in [0.717, 1.165) is 0 Å². The molecule has 0 aromatic carbocycles. The number of nitrogen functional groups attached to an aromatic ring is 1. The molecule has 2 rings (SSSR count). The third-order valence-corrected chi connectivity index (χ3v) is 1.84. The fourth-order valence-electron chi connectivity index (χ4n) is 1.16. The predicted molar refractivity (Wildman–Crippen MR) is 48.7 cm³/mol. The lowest BCUT2D eigenvalue weighted by atomic mass is 10.3. The summed E-state index contributed by atoms with van der Waals surface area (Å²) in [6.07, 6.45) is 2.89. The van der Waals surface area contributed by atoms with Crippen molar-refractivity contribution in [2.75, 3.05) is 12.8 Å². The van der Waals surface area contributed by atoms with Crippen molar-refractivity contribution in [3.8, 4) is 0 Å². The van der Waals surface area contributed by atoms with Gasteiger partial charge in [0.05, 0.1) is 13.3 Å². The van der Waals surface area contributed by atoms with Crippen LogP contribution in [0.15, 0.2) is 18.5 Å². The summed E-state index contributed by atoms with van der Waals surface area (Å²) in [7, 11) is 1.30. The molecule has 2 N–H and O–H groups in total. The van der Waals surface area contributed by atoms with Gasteiger partial charge in [-0.15, -0.1) is 0 Å². The lowest BCUT2D eigenvalue weighted by Gasteiger charge is -1.97. The van der Waals surface area contributed by atoms with Crippen LogP contribution in [-0.4, -0.2) is 27.7 Å². The summed E-state index contributed by atoms with van der Waals surface area (Å²) in [4.78, 5) is 15.2.